The fourth-order valence-corrected chi connectivity index (χ4v) is 1.22. The molecule has 0 aliphatic rings. The molecule has 0 atom stereocenters. The van der Waals surface area contributed by atoms with Gasteiger partial charge in [-0.1, -0.05) is 17.7 Å². The van der Waals surface area contributed by atoms with Crippen molar-refractivity contribution in [3.8, 4) is 5.75 Å². The molecule has 0 bridgehead atoms. The van der Waals surface area contributed by atoms with Crippen LogP contribution < -0.4 is 4.74 Å². The fraction of sp³-hybridized carbons (Fsp3) is 0.455. The van der Waals surface area contributed by atoms with Gasteiger partial charge in [-0.3, -0.25) is 0 Å². The SMILES string of the molecule is Cc1ccc(OCOCC(F)(F)F)c(C)c1. The van der Waals surface area contributed by atoms with E-state index in [0.717, 1.165) is 11.1 Å². The lowest BCUT2D eigenvalue weighted by Crippen LogP contribution is -2.19. The first-order valence-electron chi connectivity index (χ1n) is 4.73. The van der Waals surface area contributed by atoms with Gasteiger partial charge in [0.15, 0.2) is 6.79 Å². The van der Waals surface area contributed by atoms with Crippen LogP contribution in [0.3, 0.4) is 0 Å². The van der Waals surface area contributed by atoms with Gasteiger partial charge in [-0.2, -0.15) is 13.2 Å². The van der Waals surface area contributed by atoms with E-state index in [1.54, 1.807) is 6.07 Å². The standard InChI is InChI=1S/C11H13F3O2/c1-8-3-4-10(9(2)5-8)16-7-15-6-11(12,13)14/h3-5H,6-7H2,1-2H3. The summed E-state index contributed by atoms with van der Waals surface area (Å²) in [6.07, 6.45) is -4.31. The van der Waals surface area contributed by atoms with Crippen LogP contribution in [0.1, 0.15) is 11.1 Å². The molecule has 0 aliphatic carbocycles. The molecule has 0 fully saturated rings. The number of halogens is 3. The third kappa shape index (κ3) is 4.53. The molecule has 5 heteroatoms. The third-order valence-electron chi connectivity index (χ3n) is 1.89. The Morgan fingerprint density at radius 1 is 1.19 bits per heavy atom. The van der Waals surface area contributed by atoms with E-state index in [9.17, 15) is 13.2 Å². The lowest BCUT2D eigenvalue weighted by atomic mass is 10.1. The number of benzene rings is 1. The van der Waals surface area contributed by atoms with E-state index in [2.05, 4.69) is 4.74 Å². The van der Waals surface area contributed by atoms with Gasteiger partial charge in [0.25, 0.3) is 0 Å². The van der Waals surface area contributed by atoms with Crippen LogP contribution in [0.15, 0.2) is 18.2 Å². The van der Waals surface area contributed by atoms with Crippen molar-refractivity contribution in [1.29, 1.82) is 0 Å². The Bertz CT molecular complexity index is 348. The van der Waals surface area contributed by atoms with Crippen molar-refractivity contribution in [2.24, 2.45) is 0 Å². The minimum Gasteiger partial charge on any atom is -0.467 e. The van der Waals surface area contributed by atoms with Crippen LogP contribution in [0.5, 0.6) is 5.75 Å². The highest BCUT2D eigenvalue weighted by Crippen LogP contribution is 2.19. The molecule has 0 spiro atoms. The molecule has 2 nitrogen and oxygen atoms in total. The molecular formula is C11H13F3O2. The van der Waals surface area contributed by atoms with Gasteiger partial charge in [-0.05, 0) is 25.5 Å². The van der Waals surface area contributed by atoms with Gasteiger partial charge in [0.2, 0.25) is 0 Å². The average molecular weight is 234 g/mol. The lowest BCUT2D eigenvalue weighted by molar-refractivity contribution is -0.186. The molecule has 0 amide bonds. The second-order valence-electron chi connectivity index (χ2n) is 3.49. The first-order chi connectivity index (χ1) is 7.38. The fourth-order valence-electron chi connectivity index (χ4n) is 1.22. The normalized spacial score (nSPS) is 11.6. The summed E-state index contributed by atoms with van der Waals surface area (Å²) < 4.78 is 44.6. The van der Waals surface area contributed by atoms with Crippen molar-refractivity contribution < 1.29 is 22.6 Å². The summed E-state index contributed by atoms with van der Waals surface area (Å²) in [4.78, 5) is 0. The molecule has 0 N–H and O–H groups in total. The Hall–Kier alpha value is -1.23. The summed E-state index contributed by atoms with van der Waals surface area (Å²) in [5.41, 5.74) is 1.94. The van der Waals surface area contributed by atoms with E-state index < -0.39 is 19.6 Å². The van der Waals surface area contributed by atoms with Crippen LogP contribution >= 0.6 is 0 Å². The molecule has 1 aromatic rings. The quantitative estimate of drug-likeness (QED) is 0.588. The lowest BCUT2D eigenvalue weighted by Gasteiger charge is -2.11. The van der Waals surface area contributed by atoms with Gasteiger partial charge in [0, 0.05) is 0 Å². The molecule has 0 heterocycles. The second kappa shape index (κ2) is 5.21. The predicted molar refractivity (Wildman–Crippen MR) is 53.4 cm³/mol. The Kier molecular flexibility index (Phi) is 4.18. The monoisotopic (exact) mass is 234 g/mol. The molecule has 0 saturated carbocycles. The van der Waals surface area contributed by atoms with Crippen molar-refractivity contribution in [2.45, 2.75) is 20.0 Å². The number of hydrogen-bond acceptors (Lipinski definition) is 2. The summed E-state index contributed by atoms with van der Waals surface area (Å²) >= 11 is 0. The average Bonchev–Trinajstić information content (AvgIpc) is 2.13. The van der Waals surface area contributed by atoms with Gasteiger partial charge in [-0.25, -0.2) is 0 Å². The maximum absolute atomic E-state index is 11.7. The van der Waals surface area contributed by atoms with E-state index >= 15 is 0 Å². The zero-order chi connectivity index (χ0) is 12.2. The minimum absolute atomic E-state index is 0.399. The van der Waals surface area contributed by atoms with Crippen LogP contribution in [0.25, 0.3) is 0 Å². The zero-order valence-corrected chi connectivity index (χ0v) is 9.10. The third-order valence-corrected chi connectivity index (χ3v) is 1.89. The Morgan fingerprint density at radius 3 is 2.44 bits per heavy atom. The van der Waals surface area contributed by atoms with Crippen molar-refractivity contribution in [3.05, 3.63) is 29.3 Å². The first kappa shape index (κ1) is 12.8. The van der Waals surface area contributed by atoms with E-state index in [1.807, 2.05) is 26.0 Å². The molecular weight excluding hydrogens is 221 g/mol. The van der Waals surface area contributed by atoms with Gasteiger partial charge in [0.1, 0.15) is 12.4 Å². The largest absolute Gasteiger partial charge is 0.467 e. The van der Waals surface area contributed by atoms with Crippen molar-refractivity contribution in [2.75, 3.05) is 13.4 Å². The summed E-state index contributed by atoms with van der Waals surface area (Å²) in [5.74, 6) is 0.535. The van der Waals surface area contributed by atoms with E-state index in [4.69, 9.17) is 4.74 Å². The summed E-state index contributed by atoms with van der Waals surface area (Å²) in [6, 6.07) is 5.42. The van der Waals surface area contributed by atoms with Crippen LogP contribution in [0.4, 0.5) is 13.2 Å². The van der Waals surface area contributed by atoms with Gasteiger partial charge in [-0.15, -0.1) is 0 Å². The summed E-state index contributed by atoms with van der Waals surface area (Å²) in [5, 5.41) is 0. The minimum atomic E-state index is -4.31. The second-order valence-corrected chi connectivity index (χ2v) is 3.49. The molecule has 1 aromatic carbocycles. The van der Waals surface area contributed by atoms with Crippen LogP contribution in [-0.2, 0) is 4.74 Å². The van der Waals surface area contributed by atoms with Crippen LogP contribution in [-0.4, -0.2) is 19.6 Å². The topological polar surface area (TPSA) is 18.5 Å². The maximum atomic E-state index is 11.7. The highest BCUT2D eigenvalue weighted by Gasteiger charge is 2.27. The molecule has 16 heavy (non-hydrogen) atoms. The Morgan fingerprint density at radius 2 is 1.88 bits per heavy atom. The van der Waals surface area contributed by atoms with E-state index in [0.29, 0.717) is 5.75 Å². The molecule has 0 aromatic heterocycles. The summed E-state index contributed by atoms with van der Waals surface area (Å²) in [7, 11) is 0. The predicted octanol–water partition coefficient (Wildman–Crippen LogP) is 3.22. The molecule has 0 radical (unpaired) electrons. The number of alkyl halides is 3. The number of ether oxygens (including phenoxy) is 2. The number of rotatable bonds is 4. The number of hydrogen-bond donors (Lipinski definition) is 0. The number of aryl methyl sites for hydroxylation is 2. The van der Waals surface area contributed by atoms with Crippen LogP contribution in [0.2, 0.25) is 0 Å². The molecule has 0 unspecified atom stereocenters. The van der Waals surface area contributed by atoms with E-state index in [1.165, 1.54) is 0 Å². The summed E-state index contributed by atoms with van der Waals surface area (Å²) in [6.45, 7) is 2.06. The van der Waals surface area contributed by atoms with Crippen molar-refractivity contribution in [1.82, 2.24) is 0 Å². The first-order valence-corrected chi connectivity index (χ1v) is 4.73. The van der Waals surface area contributed by atoms with Crippen molar-refractivity contribution in [3.63, 3.8) is 0 Å². The Balaban J connectivity index is 2.38. The van der Waals surface area contributed by atoms with Gasteiger partial charge < -0.3 is 9.47 Å². The van der Waals surface area contributed by atoms with Crippen LogP contribution in [0, 0.1) is 13.8 Å². The Labute approximate surface area is 92.0 Å². The molecule has 0 saturated heterocycles. The smallest absolute Gasteiger partial charge is 0.411 e. The highest BCUT2D eigenvalue weighted by atomic mass is 19.4. The van der Waals surface area contributed by atoms with Crippen molar-refractivity contribution >= 4 is 0 Å². The molecule has 1 rings (SSSR count). The highest BCUT2D eigenvalue weighted by molar-refractivity contribution is 5.35. The zero-order valence-electron chi connectivity index (χ0n) is 9.10. The van der Waals surface area contributed by atoms with E-state index in [-0.39, 0.29) is 0 Å². The molecule has 90 valence electrons. The van der Waals surface area contributed by atoms with Gasteiger partial charge in [0.05, 0.1) is 0 Å². The van der Waals surface area contributed by atoms with Gasteiger partial charge >= 0.3 is 6.18 Å². The molecule has 0 aliphatic heterocycles. The maximum Gasteiger partial charge on any atom is 0.411 e.